The number of nitrogens with zero attached hydrogens (tertiary/aromatic N) is 1. The van der Waals surface area contributed by atoms with Crippen molar-refractivity contribution in [1.82, 2.24) is 0 Å². The van der Waals surface area contributed by atoms with Crippen molar-refractivity contribution in [2.75, 3.05) is 40.9 Å². The van der Waals surface area contributed by atoms with Gasteiger partial charge in [0.25, 0.3) is 0 Å². The van der Waals surface area contributed by atoms with Gasteiger partial charge in [0.1, 0.15) is 6.54 Å². The summed E-state index contributed by atoms with van der Waals surface area (Å²) in [4.78, 5) is 0. The molecule has 0 bridgehead atoms. The number of hydrogen-bond donors (Lipinski definition) is 0. The zero-order valence-electron chi connectivity index (χ0n) is 7.64. The monoisotopic (exact) mass is 223 g/mol. The molecule has 0 unspecified atom stereocenters. The van der Waals surface area contributed by atoms with Gasteiger partial charge in [-0.05, 0) is 6.08 Å². The molecular formula is C8H18BrNO. The zero-order valence-corrected chi connectivity index (χ0v) is 9.23. The first-order chi connectivity index (χ1) is 4.62. The Labute approximate surface area is 80.2 Å². The molecule has 3 heteroatoms. The average Bonchev–Trinajstić information content (AvgIpc) is 1.84. The lowest BCUT2D eigenvalue weighted by Crippen LogP contribution is -3.00. The molecule has 0 aromatic carbocycles. The molecular weight excluding hydrogens is 206 g/mol. The maximum atomic E-state index is 4.97. The molecule has 0 amide bonds. The molecule has 0 aliphatic carbocycles. The minimum absolute atomic E-state index is 0. The molecule has 0 aliphatic heterocycles. The summed E-state index contributed by atoms with van der Waals surface area (Å²) in [7, 11) is 6.06. The van der Waals surface area contributed by atoms with Gasteiger partial charge in [0.15, 0.2) is 0 Å². The van der Waals surface area contributed by atoms with E-state index < -0.39 is 0 Å². The second kappa shape index (κ2) is 6.83. The summed E-state index contributed by atoms with van der Waals surface area (Å²) >= 11 is 0. The lowest BCUT2D eigenvalue weighted by molar-refractivity contribution is -0.884. The molecule has 68 valence electrons. The van der Waals surface area contributed by atoms with E-state index in [-0.39, 0.29) is 17.0 Å². The Hall–Kier alpha value is 0.140. The predicted octanol–water partition coefficient (Wildman–Crippen LogP) is -2.10. The van der Waals surface area contributed by atoms with Crippen LogP contribution < -0.4 is 17.0 Å². The van der Waals surface area contributed by atoms with Gasteiger partial charge in [-0.25, -0.2) is 0 Å². The maximum Gasteiger partial charge on any atom is 0.102 e. The SMILES string of the molecule is C=CC[N+](C)(C)CCOC.[Br-]. The van der Waals surface area contributed by atoms with Gasteiger partial charge >= 0.3 is 0 Å². The zero-order chi connectivity index (χ0) is 8.04. The third-order valence-corrected chi connectivity index (χ3v) is 1.52. The van der Waals surface area contributed by atoms with Crippen molar-refractivity contribution < 1.29 is 26.2 Å². The summed E-state index contributed by atoms with van der Waals surface area (Å²) in [6.45, 7) is 6.57. The molecule has 0 radical (unpaired) electrons. The number of rotatable bonds is 5. The predicted molar refractivity (Wildman–Crippen MR) is 43.9 cm³/mol. The second-order valence-corrected chi connectivity index (χ2v) is 3.12. The smallest absolute Gasteiger partial charge is 0.102 e. The van der Waals surface area contributed by atoms with Crippen LogP contribution in [0, 0.1) is 0 Å². The van der Waals surface area contributed by atoms with E-state index in [0.717, 1.165) is 24.2 Å². The number of quaternary nitrogens is 1. The van der Waals surface area contributed by atoms with Gasteiger partial charge in [0, 0.05) is 7.11 Å². The highest BCUT2D eigenvalue weighted by Crippen LogP contribution is 1.95. The van der Waals surface area contributed by atoms with Crippen LogP contribution in [0.5, 0.6) is 0 Å². The largest absolute Gasteiger partial charge is 1.00 e. The standard InChI is InChI=1S/C8H18NO.BrH/c1-5-6-9(2,3)7-8-10-4;/h5H,1,6-8H2,2-4H3;1H/q+1;/p-1. The normalized spacial score (nSPS) is 10.5. The summed E-state index contributed by atoms with van der Waals surface area (Å²) in [5.41, 5.74) is 0. The Morgan fingerprint density at radius 1 is 1.45 bits per heavy atom. The van der Waals surface area contributed by atoms with Crippen LogP contribution in [0.15, 0.2) is 12.7 Å². The van der Waals surface area contributed by atoms with Crippen LogP contribution in [0.2, 0.25) is 0 Å². The van der Waals surface area contributed by atoms with Gasteiger partial charge in [-0.1, -0.05) is 6.58 Å². The molecule has 0 fully saturated rings. The van der Waals surface area contributed by atoms with Crippen molar-refractivity contribution in [3.8, 4) is 0 Å². The number of methoxy groups -OCH3 is 1. The highest BCUT2D eigenvalue weighted by Gasteiger charge is 2.10. The quantitative estimate of drug-likeness (QED) is 0.384. The van der Waals surface area contributed by atoms with Crippen LogP contribution in [-0.2, 0) is 4.74 Å². The van der Waals surface area contributed by atoms with Gasteiger partial charge in [-0.15, -0.1) is 0 Å². The number of likely N-dealkylation sites (N-methyl/N-ethyl adjacent to an activating group) is 1. The summed E-state index contributed by atoms with van der Waals surface area (Å²) in [5, 5.41) is 0. The van der Waals surface area contributed by atoms with Crippen LogP contribution in [0.3, 0.4) is 0 Å². The van der Waals surface area contributed by atoms with E-state index in [0.29, 0.717) is 0 Å². The first kappa shape index (κ1) is 13.7. The van der Waals surface area contributed by atoms with E-state index >= 15 is 0 Å². The van der Waals surface area contributed by atoms with E-state index in [1.807, 2.05) is 6.08 Å². The average molecular weight is 224 g/mol. The lowest BCUT2D eigenvalue weighted by Gasteiger charge is -2.27. The highest BCUT2D eigenvalue weighted by molar-refractivity contribution is 4.64. The third kappa shape index (κ3) is 8.04. The van der Waals surface area contributed by atoms with Crippen LogP contribution in [-0.4, -0.2) is 45.4 Å². The summed E-state index contributed by atoms with van der Waals surface area (Å²) in [5.74, 6) is 0. The molecule has 0 aromatic rings. The van der Waals surface area contributed by atoms with Gasteiger partial charge in [-0.2, -0.15) is 0 Å². The lowest BCUT2D eigenvalue weighted by atomic mass is 10.4. The Bertz CT molecular complexity index is 104. The van der Waals surface area contributed by atoms with Gasteiger partial charge < -0.3 is 26.2 Å². The Kier molecular flexibility index (Phi) is 8.51. The van der Waals surface area contributed by atoms with Gasteiger partial charge in [0.2, 0.25) is 0 Å². The molecule has 0 atom stereocenters. The van der Waals surface area contributed by atoms with Crippen molar-refractivity contribution in [2.24, 2.45) is 0 Å². The fourth-order valence-electron chi connectivity index (χ4n) is 0.779. The van der Waals surface area contributed by atoms with Crippen molar-refractivity contribution in [3.63, 3.8) is 0 Å². The van der Waals surface area contributed by atoms with Crippen molar-refractivity contribution in [3.05, 3.63) is 12.7 Å². The number of hydrogen-bond acceptors (Lipinski definition) is 1. The molecule has 0 aliphatic rings. The van der Waals surface area contributed by atoms with E-state index in [4.69, 9.17) is 4.74 Å². The molecule has 0 saturated carbocycles. The Balaban J connectivity index is 0. The molecule has 11 heavy (non-hydrogen) atoms. The molecule has 0 rings (SSSR count). The van der Waals surface area contributed by atoms with E-state index in [2.05, 4.69) is 20.7 Å². The minimum atomic E-state index is 0. The van der Waals surface area contributed by atoms with Crippen molar-refractivity contribution >= 4 is 0 Å². The Morgan fingerprint density at radius 2 is 2.00 bits per heavy atom. The number of ether oxygens (including phenoxy) is 1. The molecule has 0 heterocycles. The maximum absolute atomic E-state index is 4.97. The van der Waals surface area contributed by atoms with Crippen LogP contribution in [0.1, 0.15) is 0 Å². The van der Waals surface area contributed by atoms with Crippen molar-refractivity contribution in [2.45, 2.75) is 0 Å². The Morgan fingerprint density at radius 3 is 2.36 bits per heavy atom. The fourth-order valence-corrected chi connectivity index (χ4v) is 0.779. The first-order valence-electron chi connectivity index (χ1n) is 3.54. The minimum Gasteiger partial charge on any atom is -1.00 e. The second-order valence-electron chi connectivity index (χ2n) is 3.12. The van der Waals surface area contributed by atoms with Gasteiger partial charge in [0.05, 0.1) is 27.2 Å². The van der Waals surface area contributed by atoms with Crippen molar-refractivity contribution in [1.29, 1.82) is 0 Å². The molecule has 0 aromatic heterocycles. The fraction of sp³-hybridized carbons (Fsp3) is 0.750. The molecule has 0 spiro atoms. The van der Waals surface area contributed by atoms with E-state index in [1.165, 1.54) is 0 Å². The van der Waals surface area contributed by atoms with E-state index in [1.54, 1.807) is 7.11 Å². The highest BCUT2D eigenvalue weighted by atomic mass is 79.9. The summed E-state index contributed by atoms with van der Waals surface area (Å²) in [6, 6.07) is 0. The van der Waals surface area contributed by atoms with Crippen LogP contribution in [0.4, 0.5) is 0 Å². The van der Waals surface area contributed by atoms with E-state index in [9.17, 15) is 0 Å². The first-order valence-corrected chi connectivity index (χ1v) is 3.54. The molecule has 2 nitrogen and oxygen atoms in total. The third-order valence-electron chi connectivity index (χ3n) is 1.52. The van der Waals surface area contributed by atoms with Gasteiger partial charge in [-0.3, -0.25) is 0 Å². The van der Waals surface area contributed by atoms with Crippen LogP contribution >= 0.6 is 0 Å². The topological polar surface area (TPSA) is 9.23 Å². The van der Waals surface area contributed by atoms with Crippen LogP contribution in [0.25, 0.3) is 0 Å². The molecule has 0 N–H and O–H groups in total. The summed E-state index contributed by atoms with van der Waals surface area (Å²) < 4.78 is 5.93. The molecule has 0 saturated heterocycles. The summed E-state index contributed by atoms with van der Waals surface area (Å²) in [6.07, 6.45) is 1.94. The number of halogens is 1.